The van der Waals surface area contributed by atoms with Gasteiger partial charge in [0.2, 0.25) is 5.60 Å². The van der Waals surface area contributed by atoms with E-state index in [1.807, 2.05) is 0 Å². The van der Waals surface area contributed by atoms with Gasteiger partial charge in [-0.1, -0.05) is 13.0 Å². The van der Waals surface area contributed by atoms with E-state index < -0.39 is 11.8 Å². The molecule has 0 amide bonds. The predicted molar refractivity (Wildman–Crippen MR) is 56.8 cm³/mol. The summed E-state index contributed by atoms with van der Waals surface area (Å²) >= 11 is 0. The summed E-state index contributed by atoms with van der Waals surface area (Å²) in [5, 5.41) is 9.25. The standard InChI is InChI=1S/C12H11F3O2/c1-2-11(12(13,14)15)6-5-8-3-4-9(16)7-10(8)17-11/h3-7,16H,2H2,1H3. The van der Waals surface area contributed by atoms with Crippen LogP contribution in [0.3, 0.4) is 0 Å². The van der Waals surface area contributed by atoms with Crippen LogP contribution in [0.5, 0.6) is 11.5 Å². The van der Waals surface area contributed by atoms with Crippen LogP contribution >= 0.6 is 0 Å². The normalized spacial score (nSPS) is 23.1. The van der Waals surface area contributed by atoms with E-state index in [-0.39, 0.29) is 17.9 Å². The van der Waals surface area contributed by atoms with Crippen molar-refractivity contribution in [2.24, 2.45) is 0 Å². The zero-order valence-electron chi connectivity index (χ0n) is 9.08. The van der Waals surface area contributed by atoms with Crippen molar-refractivity contribution in [3.8, 4) is 11.5 Å². The SMILES string of the molecule is CCC1(C(F)(F)F)C=Cc2ccc(O)cc2O1. The zero-order valence-corrected chi connectivity index (χ0v) is 9.08. The van der Waals surface area contributed by atoms with Gasteiger partial charge in [0.05, 0.1) is 0 Å². The van der Waals surface area contributed by atoms with Gasteiger partial charge in [0, 0.05) is 11.6 Å². The molecule has 0 saturated heterocycles. The van der Waals surface area contributed by atoms with Gasteiger partial charge in [-0.3, -0.25) is 0 Å². The van der Waals surface area contributed by atoms with Crippen LogP contribution in [0.1, 0.15) is 18.9 Å². The van der Waals surface area contributed by atoms with Crippen LogP contribution in [-0.2, 0) is 0 Å². The van der Waals surface area contributed by atoms with Crippen LogP contribution in [-0.4, -0.2) is 16.9 Å². The second kappa shape index (κ2) is 3.68. The maximum Gasteiger partial charge on any atom is 0.432 e. The number of halogens is 3. The van der Waals surface area contributed by atoms with Gasteiger partial charge in [0.15, 0.2) is 0 Å². The van der Waals surface area contributed by atoms with Gasteiger partial charge < -0.3 is 9.84 Å². The Morgan fingerprint density at radius 3 is 2.65 bits per heavy atom. The summed E-state index contributed by atoms with van der Waals surface area (Å²) in [6.07, 6.45) is -2.31. The lowest BCUT2D eigenvalue weighted by Gasteiger charge is -2.35. The first-order valence-corrected chi connectivity index (χ1v) is 5.16. The first kappa shape index (κ1) is 11.8. The fourth-order valence-corrected chi connectivity index (χ4v) is 1.75. The van der Waals surface area contributed by atoms with E-state index in [4.69, 9.17) is 4.74 Å². The van der Waals surface area contributed by atoms with Crippen LogP contribution in [0.4, 0.5) is 13.2 Å². The summed E-state index contributed by atoms with van der Waals surface area (Å²) < 4.78 is 43.9. The number of hydrogen-bond acceptors (Lipinski definition) is 2. The minimum Gasteiger partial charge on any atom is -0.508 e. The number of alkyl halides is 3. The average molecular weight is 244 g/mol. The third-order valence-electron chi connectivity index (χ3n) is 2.83. The summed E-state index contributed by atoms with van der Waals surface area (Å²) in [6, 6.07) is 4.10. The van der Waals surface area contributed by atoms with Crippen molar-refractivity contribution in [1.29, 1.82) is 0 Å². The van der Waals surface area contributed by atoms with E-state index in [0.29, 0.717) is 5.56 Å². The van der Waals surface area contributed by atoms with Crippen molar-refractivity contribution in [2.75, 3.05) is 0 Å². The van der Waals surface area contributed by atoms with Crippen molar-refractivity contribution < 1.29 is 23.0 Å². The van der Waals surface area contributed by atoms with Crippen LogP contribution in [0.25, 0.3) is 6.08 Å². The van der Waals surface area contributed by atoms with E-state index in [2.05, 4.69) is 0 Å². The third-order valence-corrected chi connectivity index (χ3v) is 2.83. The Labute approximate surface area is 96.3 Å². The Bertz CT molecular complexity index is 465. The zero-order chi connectivity index (χ0) is 12.7. The van der Waals surface area contributed by atoms with Gasteiger partial charge in [-0.15, -0.1) is 0 Å². The summed E-state index contributed by atoms with van der Waals surface area (Å²) in [5.74, 6) is -0.0714. The molecule has 2 nitrogen and oxygen atoms in total. The van der Waals surface area contributed by atoms with Crippen molar-refractivity contribution in [3.63, 3.8) is 0 Å². The minimum atomic E-state index is -4.48. The van der Waals surface area contributed by atoms with Crippen LogP contribution in [0.15, 0.2) is 24.3 Å². The largest absolute Gasteiger partial charge is 0.508 e. The Morgan fingerprint density at radius 1 is 1.35 bits per heavy atom. The van der Waals surface area contributed by atoms with Gasteiger partial charge in [-0.25, -0.2) is 0 Å². The molecule has 1 aliphatic heterocycles. The Kier molecular flexibility index (Phi) is 2.56. The highest BCUT2D eigenvalue weighted by Crippen LogP contribution is 2.43. The van der Waals surface area contributed by atoms with Gasteiger partial charge >= 0.3 is 6.18 Å². The van der Waals surface area contributed by atoms with Gasteiger partial charge in [-0.2, -0.15) is 13.2 Å². The first-order chi connectivity index (χ1) is 7.88. The monoisotopic (exact) mass is 244 g/mol. The number of aromatic hydroxyl groups is 1. The molecule has 0 saturated carbocycles. The molecular weight excluding hydrogens is 233 g/mol. The van der Waals surface area contributed by atoms with Crippen molar-refractivity contribution >= 4 is 6.08 Å². The molecule has 0 bridgehead atoms. The quantitative estimate of drug-likeness (QED) is 0.819. The number of benzene rings is 1. The van der Waals surface area contributed by atoms with Crippen LogP contribution in [0.2, 0.25) is 0 Å². The number of phenolic OH excluding ortho intramolecular Hbond substituents is 1. The molecule has 1 unspecified atom stereocenters. The molecule has 1 N–H and O–H groups in total. The molecule has 1 heterocycles. The number of hydrogen-bond donors (Lipinski definition) is 1. The second-order valence-electron chi connectivity index (χ2n) is 3.90. The molecule has 0 spiro atoms. The lowest BCUT2D eigenvalue weighted by molar-refractivity contribution is -0.230. The van der Waals surface area contributed by atoms with E-state index in [1.54, 1.807) is 0 Å². The van der Waals surface area contributed by atoms with E-state index >= 15 is 0 Å². The lowest BCUT2D eigenvalue weighted by atomic mass is 9.95. The summed E-state index contributed by atoms with van der Waals surface area (Å²) in [6.45, 7) is 1.41. The third kappa shape index (κ3) is 1.85. The number of phenols is 1. The fourth-order valence-electron chi connectivity index (χ4n) is 1.75. The molecule has 92 valence electrons. The molecule has 0 fully saturated rings. The van der Waals surface area contributed by atoms with E-state index in [9.17, 15) is 18.3 Å². The van der Waals surface area contributed by atoms with Gasteiger partial charge in [0.25, 0.3) is 0 Å². The number of fused-ring (bicyclic) bond motifs is 1. The molecule has 5 heteroatoms. The molecule has 17 heavy (non-hydrogen) atoms. The molecular formula is C12H11F3O2. The lowest BCUT2D eigenvalue weighted by Crippen LogP contribution is -2.49. The molecule has 1 aliphatic rings. The molecule has 1 atom stereocenters. The van der Waals surface area contributed by atoms with Crippen molar-refractivity contribution in [3.05, 3.63) is 29.8 Å². The molecule has 0 aromatic heterocycles. The number of ether oxygens (including phenoxy) is 1. The molecule has 1 aromatic rings. The highest BCUT2D eigenvalue weighted by atomic mass is 19.4. The highest BCUT2D eigenvalue weighted by molar-refractivity contribution is 5.62. The maximum atomic E-state index is 13.0. The Morgan fingerprint density at radius 2 is 2.06 bits per heavy atom. The maximum absolute atomic E-state index is 13.0. The molecule has 0 radical (unpaired) electrons. The molecule has 2 rings (SSSR count). The molecule has 1 aromatic carbocycles. The van der Waals surface area contributed by atoms with Crippen molar-refractivity contribution in [2.45, 2.75) is 25.1 Å². The van der Waals surface area contributed by atoms with Crippen molar-refractivity contribution in [1.82, 2.24) is 0 Å². The Hall–Kier alpha value is -1.65. The molecule has 0 aliphatic carbocycles. The van der Waals surface area contributed by atoms with Gasteiger partial charge in [-0.05, 0) is 24.6 Å². The highest BCUT2D eigenvalue weighted by Gasteiger charge is 2.55. The smallest absolute Gasteiger partial charge is 0.432 e. The van der Waals surface area contributed by atoms with Gasteiger partial charge in [0.1, 0.15) is 11.5 Å². The van der Waals surface area contributed by atoms with E-state index in [1.165, 1.54) is 31.2 Å². The minimum absolute atomic E-state index is 0.0478. The predicted octanol–water partition coefficient (Wildman–Crippen LogP) is 3.51. The Balaban J connectivity index is 2.47. The van der Waals surface area contributed by atoms with Crippen LogP contribution < -0.4 is 4.74 Å². The van der Waals surface area contributed by atoms with E-state index in [0.717, 1.165) is 6.08 Å². The average Bonchev–Trinajstić information content (AvgIpc) is 2.26. The summed E-state index contributed by atoms with van der Waals surface area (Å²) in [5.41, 5.74) is -1.77. The first-order valence-electron chi connectivity index (χ1n) is 5.16. The summed E-state index contributed by atoms with van der Waals surface area (Å²) in [7, 11) is 0. The second-order valence-corrected chi connectivity index (χ2v) is 3.90. The van der Waals surface area contributed by atoms with Crippen LogP contribution in [0, 0.1) is 0 Å². The number of rotatable bonds is 1. The fraction of sp³-hybridized carbons (Fsp3) is 0.333. The topological polar surface area (TPSA) is 29.5 Å². The summed E-state index contributed by atoms with van der Waals surface area (Å²) in [4.78, 5) is 0.